The van der Waals surface area contributed by atoms with Crippen molar-refractivity contribution in [3.05, 3.63) is 0 Å². The molecular formula is C17H36N3P. The molecule has 0 aromatic carbocycles. The molecule has 0 aromatic heterocycles. The van der Waals surface area contributed by atoms with Crippen molar-refractivity contribution in [2.45, 2.75) is 46.6 Å². The molecule has 21 heavy (non-hydrogen) atoms. The second kappa shape index (κ2) is 6.43. The molecule has 0 radical (unpaired) electrons. The van der Waals surface area contributed by atoms with Crippen LogP contribution in [-0.2, 0) is 0 Å². The molecule has 1 unspecified atom stereocenters. The molecule has 0 aliphatic carbocycles. The van der Waals surface area contributed by atoms with Gasteiger partial charge in [-0.25, -0.2) is 0 Å². The first-order valence-corrected chi connectivity index (χ1v) is 9.02. The monoisotopic (exact) mass is 313 g/mol. The van der Waals surface area contributed by atoms with E-state index < -0.39 is 0 Å². The van der Waals surface area contributed by atoms with Crippen LogP contribution in [0.15, 0.2) is 0 Å². The molecule has 2 aliphatic rings. The highest BCUT2D eigenvalue weighted by molar-refractivity contribution is 7.13. The Morgan fingerprint density at radius 3 is 2.00 bits per heavy atom. The Morgan fingerprint density at radius 1 is 1.05 bits per heavy atom. The molecule has 2 aliphatic heterocycles. The lowest BCUT2D eigenvalue weighted by Crippen LogP contribution is -2.56. The summed E-state index contributed by atoms with van der Waals surface area (Å²) in [5.41, 5.74) is 0.756. The summed E-state index contributed by atoms with van der Waals surface area (Å²) in [4.78, 5) is 5.13. The van der Waals surface area contributed by atoms with Crippen LogP contribution in [0.2, 0.25) is 0 Å². The third-order valence-corrected chi connectivity index (χ3v) is 6.25. The van der Waals surface area contributed by atoms with E-state index >= 15 is 0 Å². The maximum absolute atomic E-state index is 2.92. The van der Waals surface area contributed by atoms with Gasteiger partial charge in [0.15, 0.2) is 0 Å². The first-order chi connectivity index (χ1) is 9.62. The van der Waals surface area contributed by atoms with Crippen LogP contribution in [0, 0.1) is 16.7 Å². The Balaban J connectivity index is 2.02. The average Bonchev–Trinajstić information content (AvgIpc) is 2.33. The van der Waals surface area contributed by atoms with Crippen molar-refractivity contribution >= 4 is 9.39 Å². The van der Waals surface area contributed by atoms with Gasteiger partial charge in [0.25, 0.3) is 0 Å². The first kappa shape index (κ1) is 17.7. The fourth-order valence-electron chi connectivity index (χ4n) is 4.75. The van der Waals surface area contributed by atoms with Gasteiger partial charge in [0.1, 0.15) is 0 Å². The fourth-order valence-corrected chi connectivity index (χ4v) is 5.69. The van der Waals surface area contributed by atoms with Crippen molar-refractivity contribution in [2.24, 2.45) is 16.7 Å². The van der Waals surface area contributed by atoms with E-state index in [4.69, 9.17) is 0 Å². The minimum absolute atomic E-state index is 0.378. The summed E-state index contributed by atoms with van der Waals surface area (Å²) in [6.07, 6.45) is 2.66. The fraction of sp³-hybridized carbons (Fsp3) is 1.00. The van der Waals surface area contributed by atoms with E-state index in [2.05, 4.69) is 65.7 Å². The van der Waals surface area contributed by atoms with Crippen LogP contribution in [0.3, 0.4) is 0 Å². The molecule has 0 bridgehead atoms. The molecular weight excluding hydrogens is 277 g/mol. The van der Waals surface area contributed by atoms with E-state index in [0.29, 0.717) is 10.8 Å². The summed E-state index contributed by atoms with van der Waals surface area (Å²) in [6, 6.07) is 0.779. The molecule has 0 N–H and O–H groups in total. The van der Waals surface area contributed by atoms with E-state index in [9.17, 15) is 0 Å². The molecule has 124 valence electrons. The van der Waals surface area contributed by atoms with E-state index in [0.717, 1.165) is 12.0 Å². The molecule has 0 aromatic rings. The highest BCUT2D eigenvalue weighted by Crippen LogP contribution is 2.47. The molecule has 2 heterocycles. The number of hydrogen-bond donors (Lipinski definition) is 0. The van der Waals surface area contributed by atoms with Crippen LogP contribution in [0.1, 0.15) is 40.5 Å². The van der Waals surface area contributed by atoms with E-state index in [-0.39, 0.29) is 0 Å². The van der Waals surface area contributed by atoms with Crippen LogP contribution < -0.4 is 0 Å². The number of nitrogens with zero attached hydrogens (tertiary/aromatic N) is 3. The van der Waals surface area contributed by atoms with Gasteiger partial charge in [-0.3, -0.25) is 4.67 Å². The van der Waals surface area contributed by atoms with Gasteiger partial charge in [-0.2, -0.15) is 0 Å². The number of piperidine rings is 2. The maximum Gasteiger partial charge on any atom is 0.0117 e. The molecule has 4 heteroatoms. The van der Waals surface area contributed by atoms with Crippen LogP contribution in [0.25, 0.3) is 0 Å². The lowest BCUT2D eigenvalue weighted by Gasteiger charge is -2.54. The van der Waals surface area contributed by atoms with Gasteiger partial charge >= 0.3 is 0 Å². The van der Waals surface area contributed by atoms with Gasteiger partial charge in [-0.15, -0.1) is 0 Å². The third-order valence-electron chi connectivity index (χ3n) is 5.89. The first-order valence-electron chi connectivity index (χ1n) is 8.50. The van der Waals surface area contributed by atoms with Crippen molar-refractivity contribution in [3.63, 3.8) is 0 Å². The molecule has 3 nitrogen and oxygen atoms in total. The van der Waals surface area contributed by atoms with Gasteiger partial charge in [0.2, 0.25) is 0 Å². The highest BCUT2D eigenvalue weighted by Gasteiger charge is 2.46. The molecule has 0 amide bonds. The molecule has 2 fully saturated rings. The summed E-state index contributed by atoms with van der Waals surface area (Å²) in [5, 5.41) is 0. The smallest absolute Gasteiger partial charge is 0.0117 e. The Bertz CT molecular complexity index is 330. The van der Waals surface area contributed by atoms with E-state index in [1.807, 2.05) is 0 Å². The van der Waals surface area contributed by atoms with Crippen molar-refractivity contribution in [1.82, 2.24) is 14.5 Å². The SMILES string of the molecule is CN1CCC(N(C)CC2C(C)(C)CN(P)CC2(C)C)CC1. The Kier molecular flexibility index (Phi) is 5.41. The second-order valence-corrected chi connectivity index (χ2v) is 9.64. The number of likely N-dealkylation sites (tertiary alicyclic amines) is 1. The van der Waals surface area contributed by atoms with Gasteiger partial charge in [0, 0.05) is 25.7 Å². The van der Waals surface area contributed by atoms with E-state index in [1.165, 1.54) is 45.6 Å². The zero-order chi connectivity index (χ0) is 15.8. The largest absolute Gasteiger partial charge is 0.306 e. The van der Waals surface area contributed by atoms with Crippen molar-refractivity contribution in [3.8, 4) is 0 Å². The van der Waals surface area contributed by atoms with Gasteiger partial charge in [-0.05, 0) is 56.8 Å². The summed E-state index contributed by atoms with van der Waals surface area (Å²) >= 11 is 0. The van der Waals surface area contributed by atoms with Crippen LogP contribution in [0.5, 0.6) is 0 Å². The third kappa shape index (κ3) is 4.19. The normalized spacial score (nSPS) is 29.1. The number of rotatable bonds is 3. The highest BCUT2D eigenvalue weighted by atomic mass is 31.0. The van der Waals surface area contributed by atoms with E-state index in [1.54, 1.807) is 0 Å². The topological polar surface area (TPSA) is 9.72 Å². The van der Waals surface area contributed by atoms with Crippen LogP contribution in [0.4, 0.5) is 0 Å². The summed E-state index contributed by atoms with van der Waals surface area (Å²) < 4.78 is 2.44. The van der Waals surface area contributed by atoms with Crippen LogP contribution in [-0.4, -0.2) is 67.3 Å². The van der Waals surface area contributed by atoms with Gasteiger partial charge < -0.3 is 9.80 Å². The summed E-state index contributed by atoms with van der Waals surface area (Å²) in [5.74, 6) is 0.756. The predicted molar refractivity (Wildman–Crippen MR) is 95.5 cm³/mol. The summed E-state index contributed by atoms with van der Waals surface area (Å²) in [6.45, 7) is 16.0. The van der Waals surface area contributed by atoms with Crippen LogP contribution >= 0.6 is 9.39 Å². The summed E-state index contributed by atoms with van der Waals surface area (Å²) in [7, 11) is 7.53. The van der Waals surface area contributed by atoms with Gasteiger partial charge in [-0.1, -0.05) is 37.1 Å². The zero-order valence-electron chi connectivity index (χ0n) is 15.0. The lowest BCUT2D eigenvalue weighted by molar-refractivity contribution is -0.0321. The second-order valence-electron chi connectivity index (χ2n) is 8.91. The molecule has 0 saturated carbocycles. The Hall–Kier alpha value is 0.310. The average molecular weight is 313 g/mol. The van der Waals surface area contributed by atoms with Crippen molar-refractivity contribution < 1.29 is 0 Å². The van der Waals surface area contributed by atoms with Crippen molar-refractivity contribution in [1.29, 1.82) is 0 Å². The number of hydrogen-bond acceptors (Lipinski definition) is 3. The quantitative estimate of drug-likeness (QED) is 0.742. The molecule has 2 rings (SSSR count). The molecule has 0 spiro atoms. The molecule has 1 atom stereocenters. The zero-order valence-corrected chi connectivity index (χ0v) is 16.2. The Morgan fingerprint density at radius 2 is 1.52 bits per heavy atom. The Labute approximate surface area is 134 Å². The minimum atomic E-state index is 0.378. The minimum Gasteiger partial charge on any atom is -0.306 e. The lowest BCUT2D eigenvalue weighted by atomic mass is 9.62. The maximum atomic E-state index is 2.92. The van der Waals surface area contributed by atoms with Crippen molar-refractivity contribution in [2.75, 3.05) is 46.8 Å². The molecule has 2 saturated heterocycles. The standard InChI is InChI=1S/C17H36N3P/c1-16(2)12-20(21)13-17(3,4)15(16)11-19(6)14-7-9-18(5)10-8-14/h14-15H,7-13,21H2,1-6H3. The predicted octanol–water partition coefficient (Wildman–Crippen LogP) is 2.79. The van der Waals surface area contributed by atoms with Gasteiger partial charge in [0.05, 0.1) is 0 Å².